The Morgan fingerprint density at radius 2 is 1.94 bits per heavy atom. The van der Waals surface area contributed by atoms with Crippen molar-refractivity contribution in [1.82, 2.24) is 19.9 Å². The zero-order valence-corrected chi connectivity index (χ0v) is 16.0. The second kappa shape index (κ2) is 7.45. The Hall–Kier alpha value is -4.40. The van der Waals surface area contributed by atoms with Crippen LogP contribution in [-0.2, 0) is 4.79 Å². The number of nitrogens with zero attached hydrogens (tertiary/aromatic N) is 4. The molecule has 2 aromatic carbocycles. The summed E-state index contributed by atoms with van der Waals surface area (Å²) in [6.07, 6.45) is 3.27. The number of halogens is 1. The van der Waals surface area contributed by atoms with Crippen LogP contribution < -0.4 is 10.6 Å². The van der Waals surface area contributed by atoms with Gasteiger partial charge in [0.2, 0.25) is 6.17 Å². The van der Waals surface area contributed by atoms with Crippen molar-refractivity contribution in [3.63, 3.8) is 0 Å². The van der Waals surface area contributed by atoms with Crippen molar-refractivity contribution in [2.45, 2.75) is 6.17 Å². The minimum absolute atomic E-state index is 0.0181. The van der Waals surface area contributed by atoms with E-state index in [1.165, 1.54) is 23.0 Å². The molecule has 31 heavy (non-hydrogen) atoms. The number of benzodiazepines with no additional fused rings is 1. The molecule has 5 rings (SSSR count). The molecule has 0 unspecified atom stereocenters. The van der Waals surface area contributed by atoms with E-state index in [0.717, 1.165) is 0 Å². The van der Waals surface area contributed by atoms with Crippen LogP contribution in [0.1, 0.15) is 21.5 Å². The van der Waals surface area contributed by atoms with Gasteiger partial charge in [-0.2, -0.15) is 5.10 Å². The summed E-state index contributed by atoms with van der Waals surface area (Å²) < 4.78 is 16.0. The van der Waals surface area contributed by atoms with E-state index in [1.54, 1.807) is 36.5 Å². The number of hydrogen-bond donors (Lipinski definition) is 2. The van der Waals surface area contributed by atoms with Crippen molar-refractivity contribution in [3.05, 3.63) is 95.7 Å². The Morgan fingerprint density at radius 1 is 1.10 bits per heavy atom. The third-order valence-electron chi connectivity index (χ3n) is 4.86. The van der Waals surface area contributed by atoms with Crippen molar-refractivity contribution < 1.29 is 14.0 Å². The molecule has 0 bridgehead atoms. The fourth-order valence-corrected chi connectivity index (χ4v) is 3.41. The fraction of sp³-hybridized carbons (Fsp3) is 0.0455. The highest BCUT2D eigenvalue weighted by Gasteiger charge is 2.29. The molecule has 8 nitrogen and oxygen atoms in total. The van der Waals surface area contributed by atoms with Gasteiger partial charge in [-0.3, -0.25) is 9.59 Å². The predicted octanol–water partition coefficient (Wildman–Crippen LogP) is 2.41. The van der Waals surface area contributed by atoms with Gasteiger partial charge in [0.1, 0.15) is 11.4 Å². The maximum atomic E-state index is 14.5. The summed E-state index contributed by atoms with van der Waals surface area (Å²) in [5.41, 5.74) is 2.05. The average Bonchev–Trinajstić information content (AvgIpc) is 3.17. The van der Waals surface area contributed by atoms with Crippen LogP contribution in [0.15, 0.2) is 78.2 Å². The second-order valence-corrected chi connectivity index (χ2v) is 6.82. The van der Waals surface area contributed by atoms with Gasteiger partial charge < -0.3 is 10.6 Å². The highest BCUT2D eigenvalue weighted by atomic mass is 19.1. The van der Waals surface area contributed by atoms with E-state index < -0.39 is 23.8 Å². The summed E-state index contributed by atoms with van der Waals surface area (Å²) >= 11 is 0. The molecule has 2 aromatic heterocycles. The molecule has 1 aliphatic rings. The van der Waals surface area contributed by atoms with Crippen LogP contribution in [0.2, 0.25) is 0 Å². The normalized spacial score (nSPS) is 15.6. The molecule has 9 heteroatoms. The number of para-hydroxylation sites is 1. The number of benzene rings is 2. The molecule has 0 saturated heterocycles. The molecule has 0 aliphatic carbocycles. The first-order valence-electron chi connectivity index (χ1n) is 9.44. The largest absolute Gasteiger partial charge is 0.322 e. The van der Waals surface area contributed by atoms with Crippen molar-refractivity contribution >= 4 is 28.9 Å². The maximum Gasteiger partial charge on any atom is 0.269 e. The highest BCUT2D eigenvalue weighted by Crippen LogP contribution is 2.26. The van der Waals surface area contributed by atoms with Gasteiger partial charge in [0.15, 0.2) is 5.65 Å². The number of rotatable bonds is 3. The van der Waals surface area contributed by atoms with E-state index in [-0.39, 0.29) is 11.3 Å². The summed E-state index contributed by atoms with van der Waals surface area (Å²) in [5.74, 6) is -1.82. The third kappa shape index (κ3) is 3.31. The molecule has 2 N–H and O–H groups in total. The van der Waals surface area contributed by atoms with Gasteiger partial charge in [-0.05, 0) is 12.1 Å². The maximum absolute atomic E-state index is 14.5. The van der Waals surface area contributed by atoms with Crippen molar-refractivity contribution in [3.8, 4) is 0 Å². The molecule has 152 valence electrons. The average molecular weight is 414 g/mol. The van der Waals surface area contributed by atoms with E-state index in [9.17, 15) is 14.0 Å². The molecule has 0 radical (unpaired) electrons. The zero-order chi connectivity index (χ0) is 21.4. The number of carbonyl (C=O) groups excluding carboxylic acids is 2. The topological polar surface area (TPSA) is 101 Å². The summed E-state index contributed by atoms with van der Waals surface area (Å²) in [6.45, 7) is 0. The lowest BCUT2D eigenvalue weighted by atomic mass is 10.0. The molecular formula is C22H15FN6O2. The number of amides is 2. The molecule has 4 aromatic rings. The SMILES string of the molecule is O=C(N[C@H]1N=C(c2ccccc2)c2cccc(F)c2NC1=O)c1cnn2cccnc12. The first-order valence-corrected chi connectivity index (χ1v) is 9.44. The number of fused-ring (bicyclic) bond motifs is 2. The summed E-state index contributed by atoms with van der Waals surface area (Å²) in [7, 11) is 0. The van der Waals surface area contributed by atoms with Crippen LogP contribution in [0.4, 0.5) is 10.1 Å². The minimum atomic E-state index is -1.28. The van der Waals surface area contributed by atoms with Gasteiger partial charge in [-0.1, -0.05) is 42.5 Å². The summed E-state index contributed by atoms with van der Waals surface area (Å²) in [5, 5.41) is 9.24. The molecular weight excluding hydrogens is 399 g/mol. The number of hydrogen-bond acceptors (Lipinski definition) is 5. The van der Waals surface area contributed by atoms with E-state index in [2.05, 4.69) is 25.7 Å². The fourth-order valence-electron chi connectivity index (χ4n) is 3.41. The number of aliphatic imine (C=N–C) groups is 1. The van der Waals surface area contributed by atoms with Crippen LogP contribution in [0.25, 0.3) is 5.65 Å². The number of anilines is 1. The van der Waals surface area contributed by atoms with E-state index in [0.29, 0.717) is 22.5 Å². The van der Waals surface area contributed by atoms with Gasteiger partial charge in [0.25, 0.3) is 11.8 Å². The number of aromatic nitrogens is 3. The molecule has 1 aliphatic heterocycles. The first kappa shape index (κ1) is 18.6. The van der Waals surface area contributed by atoms with Gasteiger partial charge in [-0.15, -0.1) is 0 Å². The molecule has 0 spiro atoms. The summed E-state index contributed by atoms with van der Waals surface area (Å²) in [4.78, 5) is 34.4. The van der Waals surface area contributed by atoms with Gasteiger partial charge in [0.05, 0.1) is 17.6 Å². The molecule has 0 saturated carbocycles. The van der Waals surface area contributed by atoms with Gasteiger partial charge in [0, 0.05) is 23.5 Å². The lowest BCUT2D eigenvalue weighted by Crippen LogP contribution is -2.42. The smallest absolute Gasteiger partial charge is 0.269 e. The molecule has 1 atom stereocenters. The van der Waals surface area contributed by atoms with Gasteiger partial charge >= 0.3 is 0 Å². The Kier molecular flexibility index (Phi) is 4.47. The van der Waals surface area contributed by atoms with E-state index in [4.69, 9.17) is 0 Å². The van der Waals surface area contributed by atoms with Crippen molar-refractivity contribution in [2.24, 2.45) is 4.99 Å². The molecule has 3 heterocycles. The quantitative estimate of drug-likeness (QED) is 0.538. The van der Waals surface area contributed by atoms with Crippen LogP contribution in [0.3, 0.4) is 0 Å². The van der Waals surface area contributed by atoms with Crippen molar-refractivity contribution in [1.29, 1.82) is 0 Å². The second-order valence-electron chi connectivity index (χ2n) is 6.82. The van der Waals surface area contributed by atoms with E-state index >= 15 is 0 Å². The Bertz CT molecular complexity index is 1350. The lowest BCUT2D eigenvalue weighted by Gasteiger charge is -2.12. The Labute approximate surface area is 175 Å². The summed E-state index contributed by atoms with van der Waals surface area (Å²) in [6, 6.07) is 15.2. The number of carbonyl (C=O) groups is 2. The van der Waals surface area contributed by atoms with Crippen LogP contribution in [0.5, 0.6) is 0 Å². The van der Waals surface area contributed by atoms with Crippen LogP contribution >= 0.6 is 0 Å². The van der Waals surface area contributed by atoms with Gasteiger partial charge in [-0.25, -0.2) is 18.9 Å². The minimum Gasteiger partial charge on any atom is -0.322 e. The van der Waals surface area contributed by atoms with E-state index in [1.807, 2.05) is 18.2 Å². The Morgan fingerprint density at radius 3 is 2.77 bits per heavy atom. The zero-order valence-electron chi connectivity index (χ0n) is 16.0. The van der Waals surface area contributed by atoms with Crippen LogP contribution in [-0.4, -0.2) is 38.3 Å². The molecule has 2 amide bonds. The predicted molar refractivity (Wildman–Crippen MR) is 111 cm³/mol. The Balaban J connectivity index is 1.57. The molecule has 0 fully saturated rings. The third-order valence-corrected chi connectivity index (χ3v) is 4.86. The standard InChI is InChI=1S/C22H15FN6O2/c23-16-9-4-8-14-17(13-6-2-1-3-7-13)26-19(22(31)27-18(14)16)28-21(30)15-12-25-29-11-5-10-24-20(15)29/h1-12,19H,(H,27,31)(H,28,30)/t19-/m1/s1. The van der Waals surface area contributed by atoms with Crippen LogP contribution in [0, 0.1) is 5.82 Å². The van der Waals surface area contributed by atoms with Crippen molar-refractivity contribution in [2.75, 3.05) is 5.32 Å². The first-order chi connectivity index (χ1) is 15.1. The highest BCUT2D eigenvalue weighted by molar-refractivity contribution is 6.20. The monoisotopic (exact) mass is 414 g/mol. The number of nitrogens with one attached hydrogen (secondary N) is 2. The lowest BCUT2D eigenvalue weighted by molar-refractivity contribution is -0.117.